The number of aromatic nitrogens is 2. The van der Waals surface area contributed by atoms with Crippen LogP contribution in [0.15, 0.2) is 17.8 Å². The number of rotatable bonds is 2. The molecular formula is C13H18N4S. The first-order chi connectivity index (χ1) is 8.74. The van der Waals surface area contributed by atoms with Crippen LogP contribution >= 0.6 is 11.3 Å². The van der Waals surface area contributed by atoms with Crippen LogP contribution in [0.3, 0.4) is 0 Å². The lowest BCUT2D eigenvalue weighted by atomic mass is 9.94. The summed E-state index contributed by atoms with van der Waals surface area (Å²) in [5, 5.41) is 5.68. The Balaban J connectivity index is 1.82. The van der Waals surface area contributed by atoms with Crippen molar-refractivity contribution >= 4 is 27.4 Å². The zero-order chi connectivity index (χ0) is 12.5. The Morgan fingerprint density at radius 1 is 1.44 bits per heavy atom. The van der Waals surface area contributed by atoms with Crippen molar-refractivity contribution in [3.05, 3.63) is 17.8 Å². The highest BCUT2D eigenvalue weighted by molar-refractivity contribution is 7.17. The van der Waals surface area contributed by atoms with Gasteiger partial charge in [0.25, 0.3) is 0 Å². The van der Waals surface area contributed by atoms with Crippen molar-refractivity contribution < 1.29 is 0 Å². The molecule has 0 radical (unpaired) electrons. The first-order valence-electron chi connectivity index (χ1n) is 6.37. The number of hydrogen-bond acceptors (Lipinski definition) is 5. The topological polar surface area (TPSA) is 41.0 Å². The van der Waals surface area contributed by atoms with Crippen LogP contribution in [0.25, 0.3) is 10.2 Å². The molecule has 96 valence electrons. The smallest absolute Gasteiger partial charge is 0.147 e. The van der Waals surface area contributed by atoms with E-state index in [1.807, 2.05) is 6.07 Å². The summed E-state index contributed by atoms with van der Waals surface area (Å²) in [6.45, 7) is 4.61. The number of thiophene rings is 1. The average molecular weight is 262 g/mol. The van der Waals surface area contributed by atoms with E-state index < -0.39 is 0 Å². The van der Waals surface area contributed by atoms with Gasteiger partial charge in [-0.15, -0.1) is 11.3 Å². The quantitative estimate of drug-likeness (QED) is 0.902. The van der Waals surface area contributed by atoms with Gasteiger partial charge in [0.05, 0.1) is 10.2 Å². The van der Waals surface area contributed by atoms with Gasteiger partial charge in [0.2, 0.25) is 0 Å². The third kappa shape index (κ3) is 2.20. The average Bonchev–Trinajstić information content (AvgIpc) is 2.82. The Morgan fingerprint density at radius 3 is 3.17 bits per heavy atom. The molecule has 5 heteroatoms. The van der Waals surface area contributed by atoms with Gasteiger partial charge < -0.3 is 10.2 Å². The van der Waals surface area contributed by atoms with E-state index in [9.17, 15) is 0 Å². The highest BCUT2D eigenvalue weighted by atomic mass is 32.1. The molecule has 2 aromatic rings. The molecule has 2 atom stereocenters. The van der Waals surface area contributed by atoms with Gasteiger partial charge in [-0.05, 0) is 37.4 Å². The molecular weight excluding hydrogens is 244 g/mol. The van der Waals surface area contributed by atoms with Gasteiger partial charge >= 0.3 is 0 Å². The van der Waals surface area contributed by atoms with Crippen molar-refractivity contribution in [1.29, 1.82) is 0 Å². The van der Waals surface area contributed by atoms with Crippen molar-refractivity contribution in [3.8, 4) is 0 Å². The Labute approximate surface area is 111 Å². The fraction of sp³-hybridized carbons (Fsp3) is 0.538. The highest BCUT2D eigenvalue weighted by Gasteiger charge is 2.24. The van der Waals surface area contributed by atoms with Gasteiger partial charge in [-0.3, -0.25) is 0 Å². The Kier molecular flexibility index (Phi) is 3.18. The molecule has 3 rings (SSSR count). The zero-order valence-corrected chi connectivity index (χ0v) is 11.6. The molecule has 0 bridgehead atoms. The van der Waals surface area contributed by atoms with Crippen molar-refractivity contribution in [2.24, 2.45) is 5.92 Å². The van der Waals surface area contributed by atoms with Crippen LogP contribution in [-0.2, 0) is 0 Å². The van der Waals surface area contributed by atoms with E-state index >= 15 is 0 Å². The van der Waals surface area contributed by atoms with Crippen LogP contribution in [0.2, 0.25) is 0 Å². The van der Waals surface area contributed by atoms with Crippen LogP contribution in [0.4, 0.5) is 5.82 Å². The molecule has 1 saturated heterocycles. The Hall–Kier alpha value is -1.20. The number of nitrogens with one attached hydrogen (secondary N) is 1. The lowest BCUT2D eigenvalue weighted by Crippen LogP contribution is -2.43. The first kappa shape index (κ1) is 11.9. The maximum Gasteiger partial charge on any atom is 0.147 e. The van der Waals surface area contributed by atoms with E-state index in [0.717, 1.165) is 24.4 Å². The van der Waals surface area contributed by atoms with Gasteiger partial charge in [-0.25, -0.2) is 9.97 Å². The fourth-order valence-corrected chi connectivity index (χ4v) is 3.43. The lowest BCUT2D eigenvalue weighted by molar-refractivity contribution is 0.206. The van der Waals surface area contributed by atoms with Crippen molar-refractivity contribution in [2.45, 2.75) is 19.4 Å². The third-order valence-electron chi connectivity index (χ3n) is 3.67. The van der Waals surface area contributed by atoms with Crippen LogP contribution < -0.4 is 5.32 Å². The molecule has 2 aromatic heterocycles. The maximum absolute atomic E-state index is 4.40. The van der Waals surface area contributed by atoms with Gasteiger partial charge in [-0.2, -0.15) is 0 Å². The highest BCUT2D eigenvalue weighted by Crippen LogP contribution is 2.27. The molecule has 4 nitrogen and oxygen atoms in total. The molecule has 3 heterocycles. The maximum atomic E-state index is 4.40. The number of piperidine rings is 1. The minimum Gasteiger partial charge on any atom is -0.366 e. The lowest BCUT2D eigenvalue weighted by Gasteiger charge is -2.35. The summed E-state index contributed by atoms with van der Waals surface area (Å²) >= 11 is 1.71. The summed E-state index contributed by atoms with van der Waals surface area (Å²) in [6.07, 6.45) is 2.82. The molecule has 0 amide bonds. The van der Waals surface area contributed by atoms with Gasteiger partial charge in [0, 0.05) is 12.6 Å². The molecule has 1 aliphatic rings. The minimum absolute atomic E-state index is 0.515. The fourth-order valence-electron chi connectivity index (χ4n) is 2.64. The summed E-state index contributed by atoms with van der Waals surface area (Å²) in [5.41, 5.74) is 1.04. The number of fused-ring (bicyclic) bond motifs is 1. The van der Waals surface area contributed by atoms with Gasteiger partial charge in [-0.1, -0.05) is 6.92 Å². The Morgan fingerprint density at radius 2 is 2.33 bits per heavy atom. The SMILES string of the molecule is CC1CN(C)CCC1Nc1ncnc2ccsc12. The summed E-state index contributed by atoms with van der Waals surface area (Å²) < 4.78 is 1.17. The molecule has 1 aliphatic heterocycles. The van der Waals surface area contributed by atoms with E-state index in [1.54, 1.807) is 17.7 Å². The van der Waals surface area contributed by atoms with Crippen LogP contribution in [-0.4, -0.2) is 41.0 Å². The molecule has 0 spiro atoms. The predicted molar refractivity (Wildman–Crippen MR) is 76.1 cm³/mol. The van der Waals surface area contributed by atoms with E-state index in [1.165, 1.54) is 11.1 Å². The summed E-state index contributed by atoms with van der Waals surface area (Å²) in [7, 11) is 2.19. The normalized spacial score (nSPS) is 25.4. The monoisotopic (exact) mass is 262 g/mol. The van der Waals surface area contributed by atoms with E-state index in [0.29, 0.717) is 12.0 Å². The molecule has 0 saturated carbocycles. The third-order valence-corrected chi connectivity index (χ3v) is 4.58. The molecule has 1 N–H and O–H groups in total. The summed E-state index contributed by atoms with van der Waals surface area (Å²) in [6, 6.07) is 2.56. The predicted octanol–water partition coefficient (Wildman–Crippen LogP) is 2.44. The number of likely N-dealkylation sites (tertiary alicyclic amines) is 1. The number of hydrogen-bond donors (Lipinski definition) is 1. The molecule has 1 fully saturated rings. The molecule has 0 aliphatic carbocycles. The minimum atomic E-state index is 0.515. The van der Waals surface area contributed by atoms with E-state index in [2.05, 4.69) is 39.5 Å². The van der Waals surface area contributed by atoms with Gasteiger partial charge in [0.15, 0.2) is 0 Å². The second-order valence-corrected chi connectivity index (χ2v) is 6.05. The van der Waals surface area contributed by atoms with Crippen molar-refractivity contribution in [3.63, 3.8) is 0 Å². The van der Waals surface area contributed by atoms with Crippen LogP contribution in [0, 0.1) is 5.92 Å². The summed E-state index contributed by atoms with van der Waals surface area (Å²) in [5.74, 6) is 1.64. The Bertz CT molecular complexity index is 539. The van der Waals surface area contributed by atoms with Crippen LogP contribution in [0.1, 0.15) is 13.3 Å². The summed E-state index contributed by atoms with van der Waals surface area (Å²) in [4.78, 5) is 11.1. The van der Waals surface area contributed by atoms with E-state index in [4.69, 9.17) is 0 Å². The number of nitrogens with zero attached hydrogens (tertiary/aromatic N) is 3. The molecule has 18 heavy (non-hydrogen) atoms. The number of anilines is 1. The molecule has 0 aromatic carbocycles. The second kappa shape index (κ2) is 4.82. The molecule has 2 unspecified atom stereocenters. The second-order valence-electron chi connectivity index (χ2n) is 5.14. The largest absolute Gasteiger partial charge is 0.366 e. The van der Waals surface area contributed by atoms with Crippen LogP contribution in [0.5, 0.6) is 0 Å². The zero-order valence-electron chi connectivity index (χ0n) is 10.8. The first-order valence-corrected chi connectivity index (χ1v) is 7.25. The van der Waals surface area contributed by atoms with Crippen molar-refractivity contribution in [2.75, 3.05) is 25.5 Å². The van der Waals surface area contributed by atoms with Gasteiger partial charge in [0.1, 0.15) is 12.1 Å². The van der Waals surface area contributed by atoms with E-state index in [-0.39, 0.29) is 0 Å². The standard InChI is InChI=1S/C13H18N4S/c1-9-7-17(2)5-3-10(9)16-13-12-11(4-6-18-12)14-8-15-13/h4,6,8-10H,3,5,7H2,1-2H3,(H,14,15,16). The van der Waals surface area contributed by atoms with Crippen molar-refractivity contribution in [1.82, 2.24) is 14.9 Å².